The predicted molar refractivity (Wildman–Crippen MR) is 160 cm³/mol. The number of aromatic nitrogens is 2. The second kappa shape index (κ2) is 14.8. The number of halogens is 5. The first-order chi connectivity index (χ1) is 19.6. The summed E-state index contributed by atoms with van der Waals surface area (Å²) in [5.41, 5.74) is 0.602. The molecule has 0 bridgehead atoms. The summed E-state index contributed by atoms with van der Waals surface area (Å²) < 4.78 is 66.0. The number of hydrogen-bond acceptors (Lipinski definition) is 7. The lowest BCUT2D eigenvalue weighted by atomic mass is 10.1. The van der Waals surface area contributed by atoms with Gasteiger partial charge < -0.3 is 14.7 Å². The van der Waals surface area contributed by atoms with E-state index in [-0.39, 0.29) is 16.9 Å². The minimum absolute atomic E-state index is 0.117. The molecule has 1 aromatic carbocycles. The molecule has 2 aliphatic rings. The van der Waals surface area contributed by atoms with E-state index in [4.69, 9.17) is 9.97 Å². The first-order valence-electron chi connectivity index (χ1n) is 13.1. The van der Waals surface area contributed by atoms with E-state index < -0.39 is 22.5 Å². The minimum atomic E-state index is -4.49. The fraction of sp³-hybridized carbons (Fsp3) is 0.464. The maximum absolute atomic E-state index is 13.6. The molecular weight excluding hydrogens is 580 g/mol. The Morgan fingerprint density at radius 3 is 2.20 bits per heavy atom. The van der Waals surface area contributed by atoms with E-state index >= 15 is 0 Å². The van der Waals surface area contributed by atoms with Gasteiger partial charge in [0.1, 0.15) is 17.5 Å². The second-order valence-corrected chi connectivity index (χ2v) is 11.2. The number of benzene rings is 1. The maximum atomic E-state index is 13.6. The first kappa shape index (κ1) is 32.5. The fourth-order valence-electron chi connectivity index (χ4n) is 4.69. The van der Waals surface area contributed by atoms with Gasteiger partial charge in [0.25, 0.3) is 0 Å². The van der Waals surface area contributed by atoms with Crippen LogP contribution in [0.5, 0.6) is 0 Å². The van der Waals surface area contributed by atoms with Crippen molar-refractivity contribution in [2.75, 3.05) is 61.7 Å². The third kappa shape index (κ3) is 8.51. The molecule has 0 saturated carbocycles. The molecule has 1 unspecified atom stereocenters. The number of aliphatic imine (C=N–C) groups is 1. The van der Waals surface area contributed by atoms with Crippen LogP contribution in [0.25, 0.3) is 11.3 Å². The summed E-state index contributed by atoms with van der Waals surface area (Å²) in [6, 6.07) is 7.89. The molecule has 2 aliphatic heterocycles. The van der Waals surface area contributed by atoms with Crippen LogP contribution >= 0.6 is 11.6 Å². The van der Waals surface area contributed by atoms with E-state index in [0.717, 1.165) is 25.3 Å². The molecule has 0 spiro atoms. The van der Waals surface area contributed by atoms with Crippen molar-refractivity contribution in [1.29, 1.82) is 0 Å². The number of rotatable bonds is 7. The number of alkyl halides is 4. The Balaban J connectivity index is 0.00000226. The molecule has 1 aromatic heterocycles. The van der Waals surface area contributed by atoms with Crippen molar-refractivity contribution in [3.8, 4) is 11.3 Å². The van der Waals surface area contributed by atoms with Gasteiger partial charge in [0.2, 0.25) is 5.95 Å². The van der Waals surface area contributed by atoms with Gasteiger partial charge in [-0.25, -0.2) is 14.4 Å². The minimum Gasteiger partial charge on any atom is -0.353 e. The Morgan fingerprint density at radius 2 is 1.66 bits per heavy atom. The van der Waals surface area contributed by atoms with Gasteiger partial charge in [-0.05, 0) is 44.0 Å². The van der Waals surface area contributed by atoms with E-state index in [2.05, 4.69) is 28.1 Å². The molecule has 0 radical (unpaired) electrons. The zero-order chi connectivity index (χ0) is 30.2. The lowest BCUT2D eigenvalue weighted by molar-refractivity contribution is -0.0935. The van der Waals surface area contributed by atoms with E-state index in [1.54, 1.807) is 23.3 Å². The van der Waals surface area contributed by atoms with Gasteiger partial charge in [0, 0.05) is 85.8 Å². The number of piperazine rings is 1. The van der Waals surface area contributed by atoms with Crippen LogP contribution in [0.3, 0.4) is 0 Å². The summed E-state index contributed by atoms with van der Waals surface area (Å²) in [6.07, 6.45) is 2.85. The molecule has 0 aliphatic carbocycles. The summed E-state index contributed by atoms with van der Waals surface area (Å²) in [6.45, 7) is 7.36. The summed E-state index contributed by atoms with van der Waals surface area (Å²) in [5.74, 6) is 0.705. The third-order valence-corrected chi connectivity index (χ3v) is 8.41. The Bertz CT molecular complexity index is 1260. The second-order valence-electron chi connectivity index (χ2n) is 9.54. The summed E-state index contributed by atoms with van der Waals surface area (Å²) in [5, 5.41) is 0.139. The van der Waals surface area contributed by atoms with Crippen molar-refractivity contribution in [2.24, 2.45) is 4.99 Å². The molecule has 4 rings (SSSR count). The molecule has 13 heteroatoms. The molecule has 224 valence electrons. The Labute approximate surface area is 246 Å². The topological polar surface area (TPSA) is 64.9 Å². The van der Waals surface area contributed by atoms with Crippen LogP contribution in [0.4, 0.5) is 29.3 Å². The molecule has 2 fully saturated rings. The van der Waals surface area contributed by atoms with Crippen LogP contribution in [0.1, 0.15) is 19.8 Å². The monoisotopic (exact) mass is 614 g/mol. The van der Waals surface area contributed by atoms with Crippen LogP contribution < -0.4 is 9.80 Å². The van der Waals surface area contributed by atoms with Crippen molar-refractivity contribution >= 4 is 40.4 Å². The average molecular weight is 615 g/mol. The molecule has 0 amide bonds. The molecule has 1 atom stereocenters. The molecule has 7 nitrogen and oxygen atoms in total. The van der Waals surface area contributed by atoms with E-state index in [0.29, 0.717) is 56.7 Å². The van der Waals surface area contributed by atoms with Gasteiger partial charge in [-0.3, -0.25) is 4.21 Å². The lowest BCUT2D eigenvalue weighted by Crippen LogP contribution is -2.46. The van der Waals surface area contributed by atoms with Gasteiger partial charge >= 0.3 is 6.18 Å². The van der Waals surface area contributed by atoms with Crippen LogP contribution in [0, 0.1) is 5.82 Å². The Hall–Kier alpha value is -2.99. The highest BCUT2D eigenvalue weighted by molar-refractivity contribution is 7.84. The van der Waals surface area contributed by atoms with Gasteiger partial charge in [-0.1, -0.05) is 12.7 Å². The predicted octanol–water partition coefficient (Wildman–Crippen LogP) is 5.66. The van der Waals surface area contributed by atoms with Gasteiger partial charge in [0.15, 0.2) is 0 Å². The average Bonchev–Trinajstić information content (AvgIpc) is 2.98. The third-order valence-electron chi connectivity index (χ3n) is 7.00. The summed E-state index contributed by atoms with van der Waals surface area (Å²) in [4.78, 5) is 19.3. The highest BCUT2D eigenvalue weighted by Gasteiger charge is 2.35. The van der Waals surface area contributed by atoms with Crippen LogP contribution in [-0.2, 0) is 10.8 Å². The van der Waals surface area contributed by atoms with Crippen LogP contribution in [0.15, 0.2) is 59.4 Å². The SMILES string of the molecule is C=C/C=N\C(=C(/C)C(F)(F)F)N1CCN(c2cc(-c3ccc(F)cc3)nc(N3CCC(S(C)=O)CC3)n2)CC1.CCl. The summed E-state index contributed by atoms with van der Waals surface area (Å²) >= 11 is 4.64. The number of nitrogens with zero attached hydrogens (tertiary/aromatic N) is 6. The van der Waals surface area contributed by atoms with Gasteiger partial charge in [-0.2, -0.15) is 18.2 Å². The Kier molecular flexibility index (Phi) is 11.7. The molecule has 2 saturated heterocycles. The zero-order valence-electron chi connectivity index (χ0n) is 23.4. The molecule has 3 heterocycles. The van der Waals surface area contributed by atoms with E-state index in [9.17, 15) is 21.8 Å². The van der Waals surface area contributed by atoms with Crippen LogP contribution in [-0.4, -0.2) is 88.6 Å². The highest BCUT2D eigenvalue weighted by atomic mass is 35.5. The number of anilines is 2. The molecule has 0 N–H and O–H groups in total. The Morgan fingerprint density at radius 1 is 1.05 bits per heavy atom. The zero-order valence-corrected chi connectivity index (χ0v) is 24.9. The number of allylic oxidation sites excluding steroid dienone is 2. The quantitative estimate of drug-likeness (QED) is 0.228. The highest BCUT2D eigenvalue weighted by Crippen LogP contribution is 2.32. The van der Waals surface area contributed by atoms with E-state index in [1.807, 2.05) is 11.0 Å². The van der Waals surface area contributed by atoms with Crippen molar-refractivity contribution in [1.82, 2.24) is 14.9 Å². The summed E-state index contributed by atoms with van der Waals surface area (Å²) in [7, 11) is -0.892. The van der Waals surface area contributed by atoms with Crippen molar-refractivity contribution in [3.05, 3.63) is 60.2 Å². The van der Waals surface area contributed by atoms with Crippen LogP contribution in [0.2, 0.25) is 0 Å². The van der Waals surface area contributed by atoms with Crippen molar-refractivity contribution < 1.29 is 21.8 Å². The van der Waals surface area contributed by atoms with Crippen molar-refractivity contribution in [2.45, 2.75) is 31.2 Å². The first-order valence-corrected chi connectivity index (χ1v) is 15.5. The van der Waals surface area contributed by atoms with E-state index in [1.165, 1.54) is 30.8 Å². The smallest absolute Gasteiger partial charge is 0.353 e. The molecule has 2 aromatic rings. The largest absolute Gasteiger partial charge is 0.415 e. The number of piperidine rings is 1. The normalized spacial score (nSPS) is 18.1. The maximum Gasteiger partial charge on any atom is 0.415 e. The van der Waals surface area contributed by atoms with Gasteiger partial charge in [-0.15, -0.1) is 11.6 Å². The molecular formula is C28H35ClF4N6OS. The standard InChI is InChI=1S/C27H32F4N6OS.CH3Cl/c1-4-11-32-25(19(2)27(29,30)31)36-16-14-35(15-17-36)24-18-23(20-5-7-21(28)8-6-20)33-26(34-24)37-12-9-22(10-13-37)39(3)38;1-2/h4-8,11,18,22H,1,9-10,12-17H2,2-3H3;1H3/b25-19-,32-11-;. The van der Waals surface area contributed by atoms with Crippen molar-refractivity contribution in [3.63, 3.8) is 0 Å². The number of hydrogen-bond donors (Lipinski definition) is 0. The van der Waals surface area contributed by atoms with Gasteiger partial charge in [0.05, 0.1) is 11.3 Å². The fourth-order valence-corrected chi connectivity index (χ4v) is 5.57. The lowest BCUT2D eigenvalue weighted by Gasteiger charge is -2.38. The molecule has 41 heavy (non-hydrogen) atoms.